The molecule has 0 amide bonds. The van der Waals surface area contributed by atoms with Crippen LogP contribution in [0, 0.1) is 0 Å². The maximum absolute atomic E-state index is 5.65. The first-order valence-electron chi connectivity index (χ1n) is 6.54. The van der Waals surface area contributed by atoms with E-state index in [-0.39, 0.29) is 0 Å². The molecule has 0 bridgehead atoms. The Labute approximate surface area is 122 Å². The van der Waals surface area contributed by atoms with Gasteiger partial charge in [0.1, 0.15) is 0 Å². The van der Waals surface area contributed by atoms with Gasteiger partial charge in [-0.2, -0.15) is 0 Å². The quantitative estimate of drug-likeness (QED) is 0.797. The van der Waals surface area contributed by atoms with Gasteiger partial charge in [-0.3, -0.25) is 4.98 Å². The lowest BCUT2D eigenvalue weighted by Crippen LogP contribution is -2.01. The highest BCUT2D eigenvalue weighted by Crippen LogP contribution is 2.36. The number of nitrogens with two attached hydrogens (primary N) is 1. The molecule has 0 aliphatic carbocycles. The second kappa shape index (κ2) is 5.94. The number of thiazole rings is 1. The molecule has 1 aromatic carbocycles. The molecule has 3 rings (SSSR count). The van der Waals surface area contributed by atoms with Gasteiger partial charge in [-0.15, -0.1) is 11.3 Å². The number of pyridine rings is 1. The molecule has 4 heteroatoms. The summed E-state index contributed by atoms with van der Waals surface area (Å²) in [5.41, 5.74) is 8.88. The average Bonchev–Trinajstić information content (AvgIpc) is 2.93. The van der Waals surface area contributed by atoms with Crippen molar-refractivity contribution in [2.45, 2.75) is 6.42 Å². The van der Waals surface area contributed by atoms with E-state index < -0.39 is 0 Å². The minimum atomic E-state index is 0.619. The number of rotatable bonds is 4. The lowest BCUT2D eigenvalue weighted by molar-refractivity contribution is 0.954. The smallest absolute Gasteiger partial charge is 0.0951 e. The summed E-state index contributed by atoms with van der Waals surface area (Å²) in [6.45, 7) is 0.619. The third-order valence-corrected chi connectivity index (χ3v) is 4.16. The summed E-state index contributed by atoms with van der Waals surface area (Å²) >= 11 is 1.71. The summed E-state index contributed by atoms with van der Waals surface area (Å²) in [4.78, 5) is 10.1. The van der Waals surface area contributed by atoms with Gasteiger partial charge in [-0.05, 0) is 24.2 Å². The van der Waals surface area contributed by atoms with Gasteiger partial charge in [0.2, 0.25) is 0 Å². The normalized spacial score (nSPS) is 10.7. The van der Waals surface area contributed by atoms with Gasteiger partial charge in [0.25, 0.3) is 0 Å². The predicted molar refractivity (Wildman–Crippen MR) is 83.5 cm³/mol. The second-order valence-corrected chi connectivity index (χ2v) is 5.52. The molecular weight excluding hydrogens is 266 g/mol. The van der Waals surface area contributed by atoms with Crippen LogP contribution < -0.4 is 5.73 Å². The van der Waals surface area contributed by atoms with Crippen molar-refractivity contribution in [3.63, 3.8) is 0 Å². The maximum Gasteiger partial charge on any atom is 0.0951 e. The van der Waals surface area contributed by atoms with Crippen molar-refractivity contribution in [2.75, 3.05) is 6.54 Å². The van der Waals surface area contributed by atoms with Crippen molar-refractivity contribution in [1.29, 1.82) is 0 Å². The highest BCUT2D eigenvalue weighted by molar-refractivity contribution is 7.15. The van der Waals surface area contributed by atoms with E-state index in [1.165, 1.54) is 10.4 Å². The Balaban J connectivity index is 2.13. The highest BCUT2D eigenvalue weighted by Gasteiger charge is 2.14. The number of benzene rings is 1. The fraction of sp³-hybridized carbons (Fsp3) is 0.125. The van der Waals surface area contributed by atoms with Gasteiger partial charge < -0.3 is 5.73 Å². The molecule has 2 N–H and O–H groups in total. The van der Waals surface area contributed by atoms with Gasteiger partial charge >= 0.3 is 0 Å². The van der Waals surface area contributed by atoms with E-state index in [0.717, 1.165) is 22.7 Å². The molecule has 0 saturated carbocycles. The first-order valence-corrected chi connectivity index (χ1v) is 7.35. The first kappa shape index (κ1) is 13.0. The van der Waals surface area contributed by atoms with Crippen LogP contribution in [0.25, 0.3) is 21.7 Å². The SMILES string of the molecule is NCCc1nc(-c2cccnc2)c(-c2ccccc2)s1. The van der Waals surface area contributed by atoms with E-state index in [0.29, 0.717) is 6.54 Å². The van der Waals surface area contributed by atoms with Crippen LogP contribution in [0.5, 0.6) is 0 Å². The maximum atomic E-state index is 5.65. The van der Waals surface area contributed by atoms with E-state index >= 15 is 0 Å². The minimum absolute atomic E-state index is 0.619. The third-order valence-electron chi connectivity index (χ3n) is 3.00. The van der Waals surface area contributed by atoms with Crippen LogP contribution >= 0.6 is 11.3 Å². The third kappa shape index (κ3) is 2.61. The molecule has 0 radical (unpaired) electrons. The number of hydrogen-bond donors (Lipinski definition) is 1. The molecule has 0 aliphatic rings. The lowest BCUT2D eigenvalue weighted by atomic mass is 10.1. The number of hydrogen-bond acceptors (Lipinski definition) is 4. The summed E-state index contributed by atoms with van der Waals surface area (Å²) < 4.78 is 0. The Bertz CT molecular complexity index is 620. The molecule has 3 nitrogen and oxygen atoms in total. The summed E-state index contributed by atoms with van der Waals surface area (Å²) in [6, 6.07) is 14.3. The van der Waals surface area contributed by atoms with Crippen molar-refractivity contribution in [3.8, 4) is 21.7 Å². The Morgan fingerprint density at radius 3 is 2.50 bits per heavy atom. The average molecular weight is 281 g/mol. The van der Waals surface area contributed by atoms with Crippen LogP contribution in [0.4, 0.5) is 0 Å². The molecule has 100 valence electrons. The number of nitrogens with zero attached hydrogens (tertiary/aromatic N) is 2. The second-order valence-electron chi connectivity index (χ2n) is 4.43. The van der Waals surface area contributed by atoms with Gasteiger partial charge in [0.15, 0.2) is 0 Å². The van der Waals surface area contributed by atoms with Gasteiger partial charge in [-0.1, -0.05) is 30.3 Å². The summed E-state index contributed by atoms with van der Waals surface area (Å²) in [5, 5.41) is 1.07. The minimum Gasteiger partial charge on any atom is -0.330 e. The van der Waals surface area contributed by atoms with E-state index in [1.54, 1.807) is 17.5 Å². The van der Waals surface area contributed by atoms with Crippen molar-refractivity contribution in [2.24, 2.45) is 5.73 Å². The molecule has 0 fully saturated rings. The van der Waals surface area contributed by atoms with E-state index in [1.807, 2.05) is 36.5 Å². The largest absolute Gasteiger partial charge is 0.330 e. The highest BCUT2D eigenvalue weighted by atomic mass is 32.1. The van der Waals surface area contributed by atoms with Gasteiger partial charge in [-0.25, -0.2) is 4.98 Å². The summed E-state index contributed by atoms with van der Waals surface area (Å²) in [7, 11) is 0. The monoisotopic (exact) mass is 281 g/mol. The van der Waals surface area contributed by atoms with Crippen molar-refractivity contribution in [1.82, 2.24) is 9.97 Å². The van der Waals surface area contributed by atoms with Crippen molar-refractivity contribution >= 4 is 11.3 Å². The molecular formula is C16H15N3S. The summed E-state index contributed by atoms with van der Waals surface area (Å²) in [5.74, 6) is 0. The molecule has 0 saturated heterocycles. The first-order chi connectivity index (χ1) is 9.88. The molecule has 0 unspecified atom stereocenters. The van der Waals surface area contributed by atoms with Gasteiger partial charge in [0.05, 0.1) is 15.6 Å². The van der Waals surface area contributed by atoms with E-state index in [2.05, 4.69) is 17.1 Å². The number of aromatic nitrogens is 2. The van der Waals surface area contributed by atoms with Crippen LogP contribution in [-0.2, 0) is 6.42 Å². The Hall–Kier alpha value is -2.04. The molecule has 2 heterocycles. The molecule has 2 aromatic heterocycles. The van der Waals surface area contributed by atoms with Crippen LogP contribution in [0.2, 0.25) is 0 Å². The predicted octanol–water partition coefficient (Wildman–Crippen LogP) is 3.37. The molecule has 0 spiro atoms. The molecule has 3 aromatic rings. The van der Waals surface area contributed by atoms with Gasteiger partial charge in [0, 0.05) is 24.4 Å². The fourth-order valence-electron chi connectivity index (χ4n) is 2.08. The van der Waals surface area contributed by atoms with Crippen LogP contribution in [0.1, 0.15) is 5.01 Å². The lowest BCUT2D eigenvalue weighted by Gasteiger charge is -2.01. The van der Waals surface area contributed by atoms with E-state index in [9.17, 15) is 0 Å². The zero-order chi connectivity index (χ0) is 13.8. The Morgan fingerprint density at radius 1 is 1.00 bits per heavy atom. The molecule has 0 aliphatic heterocycles. The summed E-state index contributed by atoms with van der Waals surface area (Å²) in [6.07, 6.45) is 4.44. The van der Waals surface area contributed by atoms with Crippen molar-refractivity contribution in [3.05, 3.63) is 59.9 Å². The Morgan fingerprint density at radius 2 is 1.80 bits per heavy atom. The van der Waals surface area contributed by atoms with E-state index in [4.69, 9.17) is 10.7 Å². The van der Waals surface area contributed by atoms with Crippen LogP contribution in [-0.4, -0.2) is 16.5 Å². The Kier molecular flexibility index (Phi) is 3.85. The standard InChI is InChI=1S/C16H15N3S/c17-9-8-14-19-15(13-7-4-10-18-11-13)16(20-14)12-5-2-1-3-6-12/h1-7,10-11H,8-9,17H2. The zero-order valence-electron chi connectivity index (χ0n) is 11.0. The fourth-order valence-corrected chi connectivity index (χ4v) is 3.19. The zero-order valence-corrected chi connectivity index (χ0v) is 11.8. The molecule has 20 heavy (non-hydrogen) atoms. The van der Waals surface area contributed by atoms with Crippen molar-refractivity contribution < 1.29 is 0 Å². The van der Waals surface area contributed by atoms with Crippen LogP contribution in [0.15, 0.2) is 54.9 Å². The topological polar surface area (TPSA) is 51.8 Å². The molecule has 0 atom stereocenters. The van der Waals surface area contributed by atoms with Crippen LogP contribution in [0.3, 0.4) is 0 Å².